The van der Waals surface area contributed by atoms with E-state index in [9.17, 15) is 4.79 Å². The number of rotatable bonds is 3. The Balaban J connectivity index is 1.56. The number of oxazole rings is 1. The van der Waals surface area contributed by atoms with Gasteiger partial charge in [0.1, 0.15) is 5.52 Å². The van der Waals surface area contributed by atoms with Crippen molar-refractivity contribution in [3.63, 3.8) is 0 Å². The summed E-state index contributed by atoms with van der Waals surface area (Å²) >= 11 is 0. The molecule has 0 bridgehead atoms. The molecule has 1 aliphatic heterocycles. The molecule has 0 fully saturated rings. The number of anilines is 2. The van der Waals surface area contributed by atoms with E-state index in [1.807, 2.05) is 36.4 Å². The molecule has 4 rings (SSSR count). The van der Waals surface area contributed by atoms with Crippen LogP contribution in [0.15, 0.2) is 46.9 Å². The van der Waals surface area contributed by atoms with Gasteiger partial charge in [0.15, 0.2) is 5.58 Å². The number of hydrogen-bond acceptors (Lipinski definition) is 4. The van der Waals surface area contributed by atoms with Crippen molar-refractivity contribution in [1.82, 2.24) is 4.98 Å². The fourth-order valence-corrected chi connectivity index (χ4v) is 2.88. The third-order valence-electron chi connectivity index (χ3n) is 4.16. The first-order valence-electron chi connectivity index (χ1n) is 7.74. The van der Waals surface area contributed by atoms with Crippen LogP contribution in [-0.2, 0) is 11.2 Å². The second-order valence-corrected chi connectivity index (χ2v) is 5.82. The zero-order valence-electron chi connectivity index (χ0n) is 12.8. The Kier molecular flexibility index (Phi) is 3.26. The molecule has 1 atom stereocenters. The zero-order valence-corrected chi connectivity index (χ0v) is 12.8. The van der Waals surface area contributed by atoms with E-state index in [2.05, 4.69) is 28.6 Å². The average molecular weight is 307 g/mol. The lowest BCUT2D eigenvalue weighted by molar-refractivity contribution is -0.116. The van der Waals surface area contributed by atoms with Gasteiger partial charge in [-0.3, -0.25) is 4.79 Å². The maximum atomic E-state index is 11.4. The first-order valence-corrected chi connectivity index (χ1v) is 7.74. The van der Waals surface area contributed by atoms with E-state index in [0.717, 1.165) is 28.8 Å². The standard InChI is InChI=1S/C18H17N3O2/c1-11(19-18-21-15-4-2-3-5-16(15)23-18)12-6-8-14-13(10-12)7-9-17(22)20-14/h2-6,8,10-11H,7,9H2,1H3,(H,19,21)(H,20,22)/t11-/m1/s1. The third kappa shape index (κ3) is 2.65. The number of carbonyl (C=O) groups is 1. The van der Waals surface area contributed by atoms with Crippen LogP contribution >= 0.6 is 0 Å². The van der Waals surface area contributed by atoms with Crippen molar-refractivity contribution in [3.8, 4) is 0 Å². The van der Waals surface area contributed by atoms with Crippen LogP contribution in [0.1, 0.15) is 30.5 Å². The first kappa shape index (κ1) is 13.8. The molecule has 2 aromatic carbocycles. The molecule has 0 unspecified atom stereocenters. The minimum Gasteiger partial charge on any atom is -0.424 e. The van der Waals surface area contributed by atoms with Crippen LogP contribution in [0, 0.1) is 0 Å². The van der Waals surface area contributed by atoms with Gasteiger partial charge in [0, 0.05) is 12.1 Å². The lowest BCUT2D eigenvalue weighted by Gasteiger charge is -2.20. The Morgan fingerprint density at radius 1 is 1.22 bits per heavy atom. The van der Waals surface area contributed by atoms with E-state index in [4.69, 9.17) is 4.42 Å². The Labute approximate surface area is 133 Å². The molecule has 2 heterocycles. The van der Waals surface area contributed by atoms with Gasteiger partial charge in [0.25, 0.3) is 6.01 Å². The summed E-state index contributed by atoms with van der Waals surface area (Å²) in [6.07, 6.45) is 1.33. The van der Waals surface area contributed by atoms with Crippen molar-refractivity contribution < 1.29 is 9.21 Å². The fourth-order valence-electron chi connectivity index (χ4n) is 2.88. The molecule has 23 heavy (non-hydrogen) atoms. The van der Waals surface area contributed by atoms with Crippen molar-refractivity contribution in [3.05, 3.63) is 53.6 Å². The number of aryl methyl sites for hydroxylation is 1. The van der Waals surface area contributed by atoms with Crippen LogP contribution in [0.3, 0.4) is 0 Å². The van der Waals surface area contributed by atoms with Gasteiger partial charge in [0.2, 0.25) is 5.91 Å². The Morgan fingerprint density at radius 3 is 2.96 bits per heavy atom. The average Bonchev–Trinajstić information content (AvgIpc) is 2.96. The smallest absolute Gasteiger partial charge is 0.296 e. The quantitative estimate of drug-likeness (QED) is 0.770. The summed E-state index contributed by atoms with van der Waals surface area (Å²) in [4.78, 5) is 15.9. The Bertz CT molecular complexity index is 852. The monoisotopic (exact) mass is 307 g/mol. The summed E-state index contributed by atoms with van der Waals surface area (Å²) in [5, 5.41) is 6.20. The third-order valence-corrected chi connectivity index (χ3v) is 4.16. The van der Waals surface area contributed by atoms with Gasteiger partial charge < -0.3 is 15.1 Å². The number of hydrogen-bond donors (Lipinski definition) is 2. The zero-order chi connectivity index (χ0) is 15.8. The molecule has 1 aromatic heterocycles. The number of aromatic nitrogens is 1. The van der Waals surface area contributed by atoms with Crippen molar-refractivity contribution in [2.24, 2.45) is 0 Å². The lowest BCUT2D eigenvalue weighted by Crippen LogP contribution is -2.19. The highest BCUT2D eigenvalue weighted by Gasteiger charge is 2.17. The number of carbonyl (C=O) groups excluding carboxylic acids is 1. The number of benzene rings is 2. The SMILES string of the molecule is C[C@@H](Nc1nc2ccccc2o1)c1ccc2c(c1)CCC(=O)N2. The van der Waals surface area contributed by atoms with Crippen molar-refractivity contribution in [2.75, 3.05) is 10.6 Å². The maximum absolute atomic E-state index is 11.4. The summed E-state index contributed by atoms with van der Waals surface area (Å²) in [5.41, 5.74) is 4.85. The van der Waals surface area contributed by atoms with Gasteiger partial charge in [-0.1, -0.05) is 24.3 Å². The van der Waals surface area contributed by atoms with Crippen molar-refractivity contribution >= 4 is 28.7 Å². The fraction of sp³-hybridized carbons (Fsp3) is 0.222. The summed E-state index contributed by atoms with van der Waals surface area (Å²) < 4.78 is 5.71. The van der Waals surface area contributed by atoms with Crippen LogP contribution in [0.2, 0.25) is 0 Å². The van der Waals surface area contributed by atoms with Crippen LogP contribution in [0.25, 0.3) is 11.1 Å². The molecule has 3 aromatic rings. The molecular weight excluding hydrogens is 290 g/mol. The second kappa shape index (κ2) is 5.43. The van der Waals surface area contributed by atoms with E-state index in [0.29, 0.717) is 12.4 Å². The number of nitrogens with zero attached hydrogens (tertiary/aromatic N) is 1. The number of para-hydroxylation sites is 2. The molecule has 0 aliphatic carbocycles. The van der Waals surface area contributed by atoms with Crippen LogP contribution in [-0.4, -0.2) is 10.9 Å². The molecule has 5 heteroatoms. The Morgan fingerprint density at radius 2 is 2.09 bits per heavy atom. The summed E-state index contributed by atoms with van der Waals surface area (Å²) in [5.74, 6) is 0.0860. The number of amides is 1. The predicted octanol–water partition coefficient (Wildman–Crippen LogP) is 3.89. The highest BCUT2D eigenvalue weighted by molar-refractivity contribution is 5.93. The molecule has 0 spiro atoms. The largest absolute Gasteiger partial charge is 0.424 e. The topological polar surface area (TPSA) is 67.2 Å². The van der Waals surface area contributed by atoms with E-state index in [1.54, 1.807) is 0 Å². The molecular formula is C18H17N3O2. The minimum atomic E-state index is 0.0611. The molecule has 0 radical (unpaired) electrons. The second-order valence-electron chi connectivity index (χ2n) is 5.82. The van der Waals surface area contributed by atoms with Gasteiger partial charge >= 0.3 is 0 Å². The van der Waals surface area contributed by atoms with Crippen molar-refractivity contribution in [2.45, 2.75) is 25.8 Å². The molecule has 5 nitrogen and oxygen atoms in total. The van der Waals surface area contributed by atoms with Gasteiger partial charge in [-0.05, 0) is 42.7 Å². The number of fused-ring (bicyclic) bond motifs is 2. The van der Waals surface area contributed by atoms with Crippen LogP contribution < -0.4 is 10.6 Å². The van der Waals surface area contributed by atoms with Gasteiger partial charge in [-0.25, -0.2) is 0 Å². The molecule has 116 valence electrons. The summed E-state index contributed by atoms with van der Waals surface area (Å²) in [7, 11) is 0. The van der Waals surface area contributed by atoms with Crippen LogP contribution in [0.4, 0.5) is 11.7 Å². The van der Waals surface area contributed by atoms with E-state index >= 15 is 0 Å². The summed E-state index contributed by atoms with van der Waals surface area (Å²) in [6, 6.07) is 14.4. The summed E-state index contributed by atoms with van der Waals surface area (Å²) in [6.45, 7) is 2.07. The van der Waals surface area contributed by atoms with E-state index in [-0.39, 0.29) is 11.9 Å². The van der Waals surface area contributed by atoms with Crippen molar-refractivity contribution in [1.29, 1.82) is 0 Å². The highest BCUT2D eigenvalue weighted by atomic mass is 16.4. The predicted molar refractivity (Wildman–Crippen MR) is 89.4 cm³/mol. The van der Waals surface area contributed by atoms with Gasteiger partial charge in [0.05, 0.1) is 6.04 Å². The van der Waals surface area contributed by atoms with Crippen LogP contribution in [0.5, 0.6) is 0 Å². The molecule has 2 N–H and O–H groups in total. The minimum absolute atomic E-state index is 0.0611. The van der Waals surface area contributed by atoms with E-state index in [1.165, 1.54) is 5.56 Å². The first-order chi connectivity index (χ1) is 11.2. The molecule has 1 amide bonds. The van der Waals surface area contributed by atoms with E-state index < -0.39 is 0 Å². The maximum Gasteiger partial charge on any atom is 0.296 e. The highest BCUT2D eigenvalue weighted by Crippen LogP contribution is 2.28. The number of nitrogens with one attached hydrogen (secondary N) is 2. The lowest BCUT2D eigenvalue weighted by atomic mass is 9.98. The molecule has 0 saturated heterocycles. The molecule has 1 aliphatic rings. The van der Waals surface area contributed by atoms with Gasteiger partial charge in [-0.2, -0.15) is 4.98 Å². The Hall–Kier alpha value is -2.82. The molecule has 0 saturated carbocycles. The van der Waals surface area contributed by atoms with Gasteiger partial charge in [-0.15, -0.1) is 0 Å². The normalized spacial score (nSPS) is 15.1.